The second-order valence-corrected chi connectivity index (χ2v) is 4.08. The molecule has 0 aliphatic carbocycles. The van der Waals surface area contributed by atoms with Crippen LogP contribution in [0.15, 0.2) is 29.6 Å². The van der Waals surface area contributed by atoms with Crippen LogP contribution in [0, 0.1) is 0 Å². The van der Waals surface area contributed by atoms with Gasteiger partial charge in [-0.25, -0.2) is 0 Å². The average Bonchev–Trinajstić information content (AvgIpc) is 2.62. The quantitative estimate of drug-likeness (QED) is 0.780. The van der Waals surface area contributed by atoms with Gasteiger partial charge in [0, 0.05) is 11.1 Å². The van der Waals surface area contributed by atoms with Crippen LogP contribution in [0.2, 0.25) is 0 Å². The summed E-state index contributed by atoms with van der Waals surface area (Å²) < 4.78 is 1.19. The zero-order valence-corrected chi connectivity index (χ0v) is 8.33. The van der Waals surface area contributed by atoms with E-state index < -0.39 is 6.10 Å². The zero-order chi connectivity index (χ0) is 9.97. The monoisotopic (exact) mass is 206 g/mol. The van der Waals surface area contributed by atoms with E-state index in [1.807, 2.05) is 29.6 Å². The number of carbonyl (C=O) groups excluding carboxylic acids is 1. The highest BCUT2D eigenvalue weighted by atomic mass is 32.1. The molecule has 0 fully saturated rings. The molecule has 1 aromatic carbocycles. The fraction of sp³-hybridized carbons (Fsp3) is 0.182. The second-order valence-electron chi connectivity index (χ2n) is 3.16. The van der Waals surface area contributed by atoms with E-state index in [0.29, 0.717) is 12.7 Å². The van der Waals surface area contributed by atoms with Gasteiger partial charge < -0.3 is 9.90 Å². The number of thiophene rings is 1. The minimum absolute atomic E-state index is 0.410. The lowest BCUT2D eigenvalue weighted by Crippen LogP contribution is -2.10. The highest BCUT2D eigenvalue weighted by molar-refractivity contribution is 7.17. The topological polar surface area (TPSA) is 37.3 Å². The summed E-state index contributed by atoms with van der Waals surface area (Å²) in [4.78, 5) is 10.3. The molecule has 1 atom stereocenters. The molecular formula is C11H10O2S. The lowest BCUT2D eigenvalue weighted by Gasteiger charge is -2.00. The van der Waals surface area contributed by atoms with Gasteiger partial charge >= 0.3 is 0 Å². The second kappa shape index (κ2) is 3.90. The van der Waals surface area contributed by atoms with Crippen molar-refractivity contribution >= 4 is 27.7 Å². The Morgan fingerprint density at radius 2 is 2.21 bits per heavy atom. The van der Waals surface area contributed by atoms with Gasteiger partial charge in [-0.15, -0.1) is 11.3 Å². The SMILES string of the molecule is O=CC(O)Cc1csc2ccccc12. The molecule has 0 radical (unpaired) electrons. The third kappa shape index (κ3) is 1.69. The van der Waals surface area contributed by atoms with Gasteiger partial charge in [0.25, 0.3) is 0 Å². The largest absolute Gasteiger partial charge is 0.385 e. The van der Waals surface area contributed by atoms with Crippen LogP contribution < -0.4 is 0 Å². The number of hydrogen-bond donors (Lipinski definition) is 1. The van der Waals surface area contributed by atoms with E-state index in [-0.39, 0.29) is 0 Å². The van der Waals surface area contributed by atoms with Crippen LogP contribution in [-0.2, 0) is 11.2 Å². The summed E-state index contributed by atoms with van der Waals surface area (Å²) in [6, 6.07) is 8.00. The zero-order valence-electron chi connectivity index (χ0n) is 7.51. The van der Waals surface area contributed by atoms with E-state index in [0.717, 1.165) is 10.9 Å². The molecule has 0 saturated heterocycles. The van der Waals surface area contributed by atoms with Crippen molar-refractivity contribution in [3.8, 4) is 0 Å². The van der Waals surface area contributed by atoms with Crippen molar-refractivity contribution in [1.29, 1.82) is 0 Å². The lowest BCUT2D eigenvalue weighted by atomic mass is 10.1. The molecule has 1 heterocycles. The number of aliphatic hydroxyl groups excluding tert-OH is 1. The van der Waals surface area contributed by atoms with Gasteiger partial charge in [-0.1, -0.05) is 18.2 Å². The maximum absolute atomic E-state index is 10.3. The van der Waals surface area contributed by atoms with E-state index >= 15 is 0 Å². The number of carbonyl (C=O) groups is 1. The van der Waals surface area contributed by atoms with E-state index in [1.165, 1.54) is 4.70 Å². The third-order valence-corrected chi connectivity index (χ3v) is 3.16. The molecule has 1 N–H and O–H groups in total. The van der Waals surface area contributed by atoms with Crippen LogP contribution in [0.1, 0.15) is 5.56 Å². The summed E-state index contributed by atoms with van der Waals surface area (Å²) in [5, 5.41) is 12.4. The molecule has 2 nitrogen and oxygen atoms in total. The van der Waals surface area contributed by atoms with Crippen molar-refractivity contribution < 1.29 is 9.90 Å². The number of hydrogen-bond acceptors (Lipinski definition) is 3. The Balaban J connectivity index is 2.38. The molecule has 0 amide bonds. The summed E-state index contributed by atoms with van der Waals surface area (Å²) in [5.41, 5.74) is 1.05. The molecule has 1 unspecified atom stereocenters. The van der Waals surface area contributed by atoms with E-state index in [9.17, 15) is 9.90 Å². The van der Waals surface area contributed by atoms with Gasteiger partial charge in [0.2, 0.25) is 0 Å². The molecule has 3 heteroatoms. The summed E-state index contributed by atoms with van der Waals surface area (Å²) in [6.07, 6.45) is 0.105. The predicted molar refractivity (Wildman–Crippen MR) is 57.6 cm³/mol. The van der Waals surface area contributed by atoms with Crippen LogP contribution in [0.3, 0.4) is 0 Å². The molecule has 0 aliphatic heterocycles. The summed E-state index contributed by atoms with van der Waals surface area (Å²) >= 11 is 1.64. The van der Waals surface area contributed by atoms with Gasteiger partial charge in [-0.3, -0.25) is 0 Å². The van der Waals surface area contributed by atoms with E-state index in [1.54, 1.807) is 11.3 Å². The number of fused-ring (bicyclic) bond motifs is 1. The van der Waals surface area contributed by atoms with E-state index in [4.69, 9.17) is 0 Å². The Bertz CT molecular complexity index is 447. The van der Waals surface area contributed by atoms with Crippen molar-refractivity contribution in [2.75, 3.05) is 0 Å². The van der Waals surface area contributed by atoms with Crippen LogP contribution in [-0.4, -0.2) is 17.5 Å². The molecule has 1 aromatic heterocycles. The van der Waals surface area contributed by atoms with Gasteiger partial charge in [0.1, 0.15) is 12.4 Å². The summed E-state index contributed by atoms with van der Waals surface area (Å²) in [7, 11) is 0. The van der Waals surface area contributed by atoms with Crippen molar-refractivity contribution in [3.63, 3.8) is 0 Å². The van der Waals surface area contributed by atoms with Crippen molar-refractivity contribution in [2.45, 2.75) is 12.5 Å². The van der Waals surface area contributed by atoms with Gasteiger partial charge in [-0.2, -0.15) is 0 Å². The first-order valence-corrected chi connectivity index (χ1v) is 5.27. The first-order chi connectivity index (χ1) is 6.81. The summed E-state index contributed by atoms with van der Waals surface area (Å²) in [5.74, 6) is 0. The predicted octanol–water partition coefficient (Wildman–Crippen LogP) is 2.00. The molecule has 14 heavy (non-hydrogen) atoms. The number of aldehydes is 1. The highest BCUT2D eigenvalue weighted by Crippen LogP contribution is 2.26. The average molecular weight is 206 g/mol. The van der Waals surface area contributed by atoms with Crippen LogP contribution >= 0.6 is 11.3 Å². The number of benzene rings is 1. The Hall–Kier alpha value is -1.19. The fourth-order valence-corrected chi connectivity index (χ4v) is 2.44. The highest BCUT2D eigenvalue weighted by Gasteiger charge is 2.08. The van der Waals surface area contributed by atoms with Gasteiger partial charge in [0.15, 0.2) is 0 Å². The van der Waals surface area contributed by atoms with E-state index in [2.05, 4.69) is 0 Å². The van der Waals surface area contributed by atoms with Gasteiger partial charge in [0.05, 0.1) is 0 Å². The van der Waals surface area contributed by atoms with Crippen molar-refractivity contribution in [1.82, 2.24) is 0 Å². The molecular weight excluding hydrogens is 196 g/mol. The van der Waals surface area contributed by atoms with Crippen molar-refractivity contribution in [3.05, 3.63) is 35.2 Å². The summed E-state index contributed by atoms with van der Waals surface area (Å²) in [6.45, 7) is 0. The Kier molecular flexibility index (Phi) is 2.61. The first-order valence-electron chi connectivity index (χ1n) is 4.39. The smallest absolute Gasteiger partial charge is 0.148 e. The Morgan fingerprint density at radius 1 is 1.43 bits per heavy atom. The molecule has 0 spiro atoms. The molecule has 72 valence electrons. The fourth-order valence-electron chi connectivity index (χ4n) is 1.46. The molecule has 2 aromatic rings. The molecule has 0 aliphatic rings. The van der Waals surface area contributed by atoms with Crippen molar-refractivity contribution in [2.24, 2.45) is 0 Å². The lowest BCUT2D eigenvalue weighted by molar-refractivity contribution is -0.114. The van der Waals surface area contributed by atoms with Crippen LogP contribution in [0.4, 0.5) is 0 Å². The standard InChI is InChI=1S/C11H10O2S/c12-6-9(13)5-8-7-14-11-4-2-1-3-10(8)11/h1-4,6-7,9,13H,5H2. The third-order valence-electron chi connectivity index (χ3n) is 2.15. The minimum Gasteiger partial charge on any atom is -0.385 e. The molecule has 2 rings (SSSR count). The minimum atomic E-state index is -0.881. The Morgan fingerprint density at radius 3 is 3.00 bits per heavy atom. The molecule has 0 bridgehead atoms. The van der Waals surface area contributed by atoms with Crippen LogP contribution in [0.5, 0.6) is 0 Å². The first kappa shape index (κ1) is 9.37. The van der Waals surface area contributed by atoms with Gasteiger partial charge in [-0.05, 0) is 22.4 Å². The number of aliphatic hydroxyl groups is 1. The number of rotatable bonds is 3. The Labute approximate surface area is 85.8 Å². The van der Waals surface area contributed by atoms with Crippen LogP contribution in [0.25, 0.3) is 10.1 Å². The maximum atomic E-state index is 10.3. The molecule has 0 saturated carbocycles. The maximum Gasteiger partial charge on any atom is 0.148 e. The normalized spacial score (nSPS) is 12.9.